The van der Waals surface area contributed by atoms with Crippen molar-refractivity contribution in [3.05, 3.63) is 46.5 Å². The summed E-state index contributed by atoms with van der Waals surface area (Å²) in [4.78, 5) is 1.73. The monoisotopic (exact) mass is 460 g/mol. The first-order valence-electron chi connectivity index (χ1n) is 8.93. The van der Waals surface area contributed by atoms with E-state index in [1.165, 1.54) is 16.4 Å². The molecule has 0 aliphatic carbocycles. The molecule has 3 aromatic rings. The zero-order chi connectivity index (χ0) is 21.7. The summed E-state index contributed by atoms with van der Waals surface area (Å²) in [6.07, 6.45) is -4.57. The minimum Gasteiger partial charge on any atom is -0.369 e. The zero-order valence-electron chi connectivity index (χ0n) is 15.6. The number of hydrogen-bond acceptors (Lipinski definition) is 6. The van der Waals surface area contributed by atoms with Gasteiger partial charge in [0.05, 0.1) is 10.6 Å². The zero-order valence-corrected chi connectivity index (χ0v) is 17.2. The molecular formula is C18H16ClF3N4O3S. The molecule has 0 atom stereocenters. The fourth-order valence-corrected chi connectivity index (χ4v) is 5.49. The van der Waals surface area contributed by atoms with Crippen LogP contribution in [0.3, 0.4) is 0 Å². The maximum absolute atomic E-state index is 13.2. The van der Waals surface area contributed by atoms with E-state index < -0.39 is 21.8 Å². The summed E-state index contributed by atoms with van der Waals surface area (Å²) in [5.74, 6) is 0. The molecule has 0 saturated carbocycles. The van der Waals surface area contributed by atoms with Crippen molar-refractivity contribution < 1.29 is 26.2 Å². The average Bonchev–Trinajstić information content (AvgIpc) is 3.15. The maximum Gasteiger partial charge on any atom is 0.417 e. The Bertz CT molecular complexity index is 1210. The largest absolute Gasteiger partial charge is 0.417 e. The molecule has 0 amide bonds. The number of rotatable bonds is 3. The van der Waals surface area contributed by atoms with Gasteiger partial charge in [0.2, 0.25) is 10.0 Å². The molecule has 0 radical (unpaired) electrons. The number of nitrogens with zero attached hydrogens (tertiary/aromatic N) is 4. The van der Waals surface area contributed by atoms with E-state index >= 15 is 0 Å². The second-order valence-electron chi connectivity index (χ2n) is 6.90. The fourth-order valence-electron chi connectivity index (χ4n) is 3.50. The van der Waals surface area contributed by atoms with Gasteiger partial charge in [-0.15, -0.1) is 0 Å². The quantitative estimate of drug-likeness (QED) is 0.592. The van der Waals surface area contributed by atoms with Crippen LogP contribution in [-0.2, 0) is 16.2 Å². The predicted molar refractivity (Wildman–Crippen MR) is 104 cm³/mol. The van der Waals surface area contributed by atoms with Gasteiger partial charge in [-0.05, 0) is 47.1 Å². The van der Waals surface area contributed by atoms with Crippen LogP contribution in [0.2, 0.25) is 5.02 Å². The molecular weight excluding hydrogens is 445 g/mol. The SMILES string of the molecule is Cc1ccc2nonc2c1S(=O)(=O)N1CCN(c2ccc(Cl)c(C(F)(F)F)c2)CC1. The van der Waals surface area contributed by atoms with Gasteiger partial charge in [-0.3, -0.25) is 0 Å². The first-order valence-corrected chi connectivity index (χ1v) is 10.7. The van der Waals surface area contributed by atoms with Crippen LogP contribution in [0, 0.1) is 6.92 Å². The maximum atomic E-state index is 13.2. The third-order valence-corrected chi connectivity index (χ3v) is 7.44. The minimum atomic E-state index is -4.57. The lowest BCUT2D eigenvalue weighted by atomic mass is 10.1. The first kappa shape index (κ1) is 20.9. The highest BCUT2D eigenvalue weighted by Crippen LogP contribution is 2.37. The Labute approximate surface area is 175 Å². The second kappa shape index (κ2) is 7.40. The van der Waals surface area contributed by atoms with Crippen LogP contribution in [0.1, 0.15) is 11.1 Å². The van der Waals surface area contributed by atoms with Crippen LogP contribution in [0.5, 0.6) is 0 Å². The van der Waals surface area contributed by atoms with Gasteiger partial charge in [0, 0.05) is 31.9 Å². The molecule has 1 aliphatic rings. The standard InChI is InChI=1S/C18H16ClF3N4O3S/c1-11-2-5-15-16(24-29-23-15)17(11)30(27,28)26-8-6-25(7-9-26)12-3-4-14(19)13(10-12)18(20,21)22/h2-5,10H,6-9H2,1H3. The van der Waals surface area contributed by atoms with Crippen molar-refractivity contribution in [2.75, 3.05) is 31.1 Å². The van der Waals surface area contributed by atoms with Crippen molar-refractivity contribution in [3.63, 3.8) is 0 Å². The van der Waals surface area contributed by atoms with Crippen molar-refractivity contribution in [2.24, 2.45) is 0 Å². The lowest BCUT2D eigenvalue weighted by molar-refractivity contribution is -0.137. The summed E-state index contributed by atoms with van der Waals surface area (Å²) < 4.78 is 71.8. The molecule has 12 heteroatoms. The van der Waals surface area contributed by atoms with Crippen LogP contribution in [0.15, 0.2) is 39.9 Å². The Morgan fingerprint density at radius 1 is 1.07 bits per heavy atom. The lowest BCUT2D eigenvalue weighted by Crippen LogP contribution is -2.48. The number of benzene rings is 2. The summed E-state index contributed by atoms with van der Waals surface area (Å²) in [7, 11) is -3.89. The van der Waals surface area contributed by atoms with Gasteiger partial charge in [-0.1, -0.05) is 17.7 Å². The molecule has 0 N–H and O–H groups in total. The summed E-state index contributed by atoms with van der Waals surface area (Å²) in [6, 6.07) is 6.93. The molecule has 2 aromatic carbocycles. The third-order valence-electron chi connectivity index (χ3n) is 5.04. The summed E-state index contributed by atoms with van der Waals surface area (Å²) in [5, 5.41) is 7.03. The molecule has 7 nitrogen and oxygen atoms in total. The van der Waals surface area contributed by atoms with E-state index in [1.54, 1.807) is 24.0 Å². The smallest absolute Gasteiger partial charge is 0.369 e. The molecule has 2 heterocycles. The van der Waals surface area contributed by atoms with Crippen molar-refractivity contribution in [1.82, 2.24) is 14.6 Å². The highest BCUT2D eigenvalue weighted by atomic mass is 35.5. The minimum absolute atomic E-state index is 0.0283. The number of fused-ring (bicyclic) bond motifs is 1. The van der Waals surface area contributed by atoms with Gasteiger partial charge in [0.1, 0.15) is 10.4 Å². The average molecular weight is 461 g/mol. The number of anilines is 1. The molecule has 0 spiro atoms. The molecule has 1 saturated heterocycles. The van der Waals surface area contributed by atoms with E-state index in [2.05, 4.69) is 14.9 Å². The van der Waals surface area contributed by atoms with Crippen LogP contribution < -0.4 is 4.90 Å². The van der Waals surface area contributed by atoms with Crippen molar-refractivity contribution in [1.29, 1.82) is 0 Å². The van der Waals surface area contributed by atoms with Gasteiger partial charge < -0.3 is 4.90 Å². The highest BCUT2D eigenvalue weighted by Gasteiger charge is 2.35. The lowest BCUT2D eigenvalue weighted by Gasteiger charge is -2.35. The number of hydrogen-bond donors (Lipinski definition) is 0. The third kappa shape index (κ3) is 3.61. The van der Waals surface area contributed by atoms with Crippen molar-refractivity contribution >= 4 is 38.3 Å². The molecule has 30 heavy (non-hydrogen) atoms. The normalized spacial score (nSPS) is 16.4. The number of halogens is 4. The van der Waals surface area contributed by atoms with E-state index in [4.69, 9.17) is 11.6 Å². The molecule has 0 bridgehead atoms. The van der Waals surface area contributed by atoms with Gasteiger partial charge in [-0.2, -0.15) is 17.5 Å². The van der Waals surface area contributed by atoms with Crippen molar-refractivity contribution in [3.8, 4) is 0 Å². The molecule has 0 unspecified atom stereocenters. The van der Waals surface area contributed by atoms with E-state index in [-0.39, 0.29) is 41.6 Å². The first-order chi connectivity index (χ1) is 14.1. The van der Waals surface area contributed by atoms with Crippen LogP contribution in [-0.4, -0.2) is 49.2 Å². The predicted octanol–water partition coefficient (Wildman–Crippen LogP) is 3.71. The Morgan fingerprint density at radius 3 is 2.43 bits per heavy atom. The van der Waals surface area contributed by atoms with Gasteiger partial charge in [0.25, 0.3) is 0 Å². The highest BCUT2D eigenvalue weighted by molar-refractivity contribution is 7.89. The Morgan fingerprint density at radius 2 is 1.77 bits per heavy atom. The van der Waals surface area contributed by atoms with Gasteiger partial charge >= 0.3 is 6.18 Å². The van der Waals surface area contributed by atoms with E-state index in [9.17, 15) is 21.6 Å². The topological polar surface area (TPSA) is 79.5 Å². The Kier molecular flexibility index (Phi) is 5.15. The van der Waals surface area contributed by atoms with Gasteiger partial charge in [0.15, 0.2) is 5.52 Å². The Balaban J connectivity index is 1.58. The molecule has 160 valence electrons. The number of alkyl halides is 3. The molecule has 4 rings (SSSR count). The summed E-state index contributed by atoms with van der Waals surface area (Å²) in [6.45, 7) is 2.32. The number of aromatic nitrogens is 2. The van der Waals surface area contributed by atoms with Crippen molar-refractivity contribution in [2.45, 2.75) is 18.0 Å². The summed E-state index contributed by atoms with van der Waals surface area (Å²) >= 11 is 5.68. The van der Waals surface area contributed by atoms with Crippen LogP contribution in [0.4, 0.5) is 18.9 Å². The Hall–Kier alpha value is -2.37. The van der Waals surface area contributed by atoms with Crippen LogP contribution >= 0.6 is 11.6 Å². The fraction of sp³-hybridized carbons (Fsp3) is 0.333. The molecule has 1 aliphatic heterocycles. The van der Waals surface area contributed by atoms with E-state index in [0.717, 1.165) is 6.07 Å². The molecule has 1 fully saturated rings. The number of sulfonamides is 1. The second-order valence-corrected chi connectivity index (χ2v) is 9.18. The van der Waals surface area contributed by atoms with Gasteiger partial charge in [-0.25, -0.2) is 13.0 Å². The summed E-state index contributed by atoms with van der Waals surface area (Å²) in [5.41, 5.74) is 0.414. The number of aryl methyl sites for hydroxylation is 1. The van der Waals surface area contributed by atoms with E-state index in [1.807, 2.05) is 0 Å². The number of piperazine rings is 1. The van der Waals surface area contributed by atoms with Crippen LogP contribution in [0.25, 0.3) is 11.0 Å². The van der Waals surface area contributed by atoms with E-state index in [0.29, 0.717) is 16.8 Å². The molecule has 1 aromatic heterocycles.